The summed E-state index contributed by atoms with van der Waals surface area (Å²) in [5.41, 5.74) is 5.31. The van der Waals surface area contributed by atoms with Gasteiger partial charge in [-0.2, -0.15) is 0 Å². The van der Waals surface area contributed by atoms with Crippen molar-refractivity contribution >= 4 is 28.2 Å². The second-order valence-electron chi connectivity index (χ2n) is 13.6. The number of ketones is 1. The van der Waals surface area contributed by atoms with E-state index >= 15 is 0 Å². The number of aliphatic hydroxyl groups is 2. The first-order chi connectivity index (χ1) is 20.9. The number of aromatic nitrogens is 1. The first-order valence-electron chi connectivity index (χ1n) is 17.0. The number of Topliss-reactive ketones (excluding diaryl/α,β-unsaturated/α-hetero) is 1. The molecule has 236 valence electrons. The number of aromatic amines is 1. The Kier molecular flexibility index (Phi) is 11.1. The number of benzene rings is 1. The van der Waals surface area contributed by atoms with Gasteiger partial charge in [-0.1, -0.05) is 63.7 Å². The van der Waals surface area contributed by atoms with Gasteiger partial charge in [-0.3, -0.25) is 14.5 Å². The van der Waals surface area contributed by atoms with E-state index in [0.717, 1.165) is 77.2 Å². The van der Waals surface area contributed by atoms with Gasteiger partial charge in [0.05, 0.1) is 12.2 Å². The number of unbranched alkanes of at least 4 members (excludes halogenated alkanes) is 5. The van der Waals surface area contributed by atoms with Crippen molar-refractivity contribution in [2.75, 3.05) is 20.1 Å². The summed E-state index contributed by atoms with van der Waals surface area (Å²) in [4.78, 5) is 31.1. The molecule has 0 radical (unpaired) electrons. The molecule has 2 heterocycles. The first-order valence-corrected chi connectivity index (χ1v) is 17.0. The van der Waals surface area contributed by atoms with Crippen LogP contribution in [0.3, 0.4) is 0 Å². The Balaban J connectivity index is 0.999. The summed E-state index contributed by atoms with van der Waals surface area (Å²) in [5.74, 6) is 0.498. The van der Waals surface area contributed by atoms with Gasteiger partial charge in [-0.05, 0) is 74.3 Å². The number of hydrogen-bond acceptors (Lipinski definition) is 5. The van der Waals surface area contributed by atoms with E-state index in [0.29, 0.717) is 31.3 Å². The fourth-order valence-electron chi connectivity index (χ4n) is 7.96. The third kappa shape index (κ3) is 7.79. The van der Waals surface area contributed by atoms with Gasteiger partial charge in [-0.25, -0.2) is 0 Å². The maximum Gasteiger partial charge on any atom is 0.220 e. The predicted octanol–water partition coefficient (Wildman–Crippen LogP) is 5.78. The smallest absolute Gasteiger partial charge is 0.220 e. The number of H-pyrrole nitrogens is 1. The van der Waals surface area contributed by atoms with Crippen LogP contribution in [-0.4, -0.2) is 70.2 Å². The van der Waals surface area contributed by atoms with Crippen molar-refractivity contribution in [1.29, 1.82) is 0 Å². The molecule has 5 rings (SSSR count). The molecule has 0 spiro atoms. The zero-order chi connectivity index (χ0) is 30.3. The molecule has 2 aliphatic carbocycles. The predicted molar refractivity (Wildman–Crippen MR) is 173 cm³/mol. The molecule has 7 heteroatoms. The number of hydrogen-bond donors (Lipinski definition) is 4. The van der Waals surface area contributed by atoms with Gasteiger partial charge in [0.15, 0.2) is 0 Å². The third-order valence-corrected chi connectivity index (χ3v) is 10.4. The van der Waals surface area contributed by atoms with Crippen molar-refractivity contribution in [2.45, 2.75) is 115 Å². The Morgan fingerprint density at radius 2 is 1.93 bits per heavy atom. The zero-order valence-electron chi connectivity index (χ0n) is 26.3. The van der Waals surface area contributed by atoms with E-state index in [-0.39, 0.29) is 36.1 Å². The average molecular weight is 592 g/mol. The van der Waals surface area contributed by atoms with Crippen molar-refractivity contribution in [3.63, 3.8) is 0 Å². The normalized spacial score (nSPS) is 26.0. The molecule has 3 aliphatic rings. The lowest BCUT2D eigenvalue weighted by Crippen LogP contribution is -2.45. The monoisotopic (exact) mass is 591 g/mol. The minimum atomic E-state index is -0.563. The van der Waals surface area contributed by atoms with Gasteiger partial charge in [0.25, 0.3) is 0 Å². The molecular weight excluding hydrogens is 538 g/mol. The molecule has 1 aromatic carbocycles. The van der Waals surface area contributed by atoms with Crippen molar-refractivity contribution < 1.29 is 19.8 Å². The minimum Gasteiger partial charge on any atom is -0.393 e. The molecule has 1 aromatic heterocycles. The fourth-order valence-corrected chi connectivity index (χ4v) is 7.96. The molecule has 43 heavy (non-hydrogen) atoms. The number of amides is 1. The van der Waals surface area contributed by atoms with Crippen molar-refractivity contribution in [3.8, 4) is 0 Å². The van der Waals surface area contributed by atoms with Crippen LogP contribution in [0.1, 0.15) is 102 Å². The standard InChI is InChI=1S/C36H53N3O4/c1-3-4-7-11-26(40)16-17-28-27(33(41)20-34(28)42)12-8-5-6-9-15-35(43)38-21-24-18-30-29-13-10-14-31-36(29)25(22-37-31)19-32(30)39(2)23-24/h10,13-14,18,22,24,26-28,32,34,37,40,42H,3-9,11-12,15-17,19-21,23H2,1-2H3,(H,38,43)/t24-,26-,27+,28+,32+,34+/m0/s1. The lowest BCUT2D eigenvalue weighted by molar-refractivity contribution is -0.122. The second kappa shape index (κ2) is 15.0. The SMILES string of the molecule is CCCCC[C@H](O)CC[C@H]1[C@H](O)CC(=O)[C@@H]1CCCCCCC(=O)NC[C@@H]1C=C2c3cccc4[nH]cc(c34)C[C@H]2N(C)C1. The van der Waals surface area contributed by atoms with Gasteiger partial charge < -0.3 is 20.5 Å². The van der Waals surface area contributed by atoms with Crippen LogP contribution < -0.4 is 5.32 Å². The Morgan fingerprint density at radius 1 is 1.09 bits per heavy atom. The van der Waals surface area contributed by atoms with Crippen LogP contribution in [0.2, 0.25) is 0 Å². The molecule has 0 saturated heterocycles. The molecule has 0 bridgehead atoms. The first kappa shape index (κ1) is 31.9. The number of fused-ring (bicyclic) bond motifs is 2. The van der Waals surface area contributed by atoms with Crippen LogP contribution in [0.4, 0.5) is 0 Å². The number of nitrogens with one attached hydrogen (secondary N) is 2. The summed E-state index contributed by atoms with van der Waals surface area (Å²) in [5, 5.41) is 25.3. The average Bonchev–Trinajstić information content (AvgIpc) is 3.53. The van der Waals surface area contributed by atoms with E-state index in [9.17, 15) is 19.8 Å². The summed E-state index contributed by atoms with van der Waals surface area (Å²) < 4.78 is 0. The maximum absolute atomic E-state index is 12.7. The Morgan fingerprint density at radius 3 is 2.77 bits per heavy atom. The quantitative estimate of drug-likeness (QED) is 0.185. The van der Waals surface area contributed by atoms with Crippen LogP contribution in [0.15, 0.2) is 30.5 Å². The summed E-state index contributed by atoms with van der Waals surface area (Å²) >= 11 is 0. The van der Waals surface area contributed by atoms with Crippen molar-refractivity contribution in [3.05, 3.63) is 41.6 Å². The van der Waals surface area contributed by atoms with Gasteiger partial charge in [0, 0.05) is 60.9 Å². The number of rotatable bonds is 16. The number of aliphatic hydroxyl groups excluding tert-OH is 2. The number of likely N-dealkylation sites (N-methyl/N-ethyl adjacent to an activating group) is 1. The highest BCUT2D eigenvalue weighted by Gasteiger charge is 2.40. The largest absolute Gasteiger partial charge is 0.393 e. The molecule has 0 unspecified atom stereocenters. The summed E-state index contributed by atoms with van der Waals surface area (Å²) in [6.45, 7) is 3.76. The van der Waals surface area contributed by atoms with E-state index in [1.165, 1.54) is 27.6 Å². The molecule has 4 N–H and O–H groups in total. The van der Waals surface area contributed by atoms with Crippen molar-refractivity contribution in [2.24, 2.45) is 17.8 Å². The molecule has 1 fully saturated rings. The van der Waals surface area contributed by atoms with Crippen LogP contribution >= 0.6 is 0 Å². The number of carbonyl (C=O) groups excluding carboxylic acids is 2. The summed E-state index contributed by atoms with van der Waals surface area (Å²) in [6, 6.07) is 6.89. The molecule has 7 nitrogen and oxygen atoms in total. The highest BCUT2D eigenvalue weighted by molar-refractivity contribution is 5.98. The van der Waals surface area contributed by atoms with Crippen LogP contribution in [0.25, 0.3) is 16.5 Å². The summed E-state index contributed by atoms with van der Waals surface area (Å²) in [7, 11) is 2.20. The molecular formula is C36H53N3O4. The molecule has 1 amide bonds. The molecule has 1 aliphatic heterocycles. The molecule has 2 aromatic rings. The third-order valence-electron chi connectivity index (χ3n) is 10.4. The number of nitrogens with zero attached hydrogens (tertiary/aromatic N) is 1. The lowest BCUT2D eigenvalue weighted by Gasteiger charge is -2.40. The topological polar surface area (TPSA) is 106 Å². The van der Waals surface area contributed by atoms with Gasteiger partial charge >= 0.3 is 0 Å². The lowest BCUT2D eigenvalue weighted by atomic mass is 9.80. The van der Waals surface area contributed by atoms with E-state index in [2.05, 4.69) is 59.6 Å². The summed E-state index contributed by atoms with van der Waals surface area (Å²) in [6.07, 6.45) is 15.6. The fraction of sp³-hybridized carbons (Fsp3) is 0.667. The van der Waals surface area contributed by atoms with E-state index in [4.69, 9.17) is 0 Å². The van der Waals surface area contributed by atoms with E-state index in [1.54, 1.807) is 0 Å². The highest BCUT2D eigenvalue weighted by atomic mass is 16.3. The van der Waals surface area contributed by atoms with E-state index < -0.39 is 6.10 Å². The van der Waals surface area contributed by atoms with Crippen LogP contribution in [0.5, 0.6) is 0 Å². The zero-order valence-corrected chi connectivity index (χ0v) is 26.3. The van der Waals surface area contributed by atoms with Gasteiger partial charge in [0.2, 0.25) is 5.91 Å². The Bertz CT molecular complexity index is 1270. The second-order valence-corrected chi connectivity index (χ2v) is 13.6. The molecule has 1 saturated carbocycles. The number of carbonyl (C=O) groups is 2. The van der Waals surface area contributed by atoms with Gasteiger partial charge in [0.1, 0.15) is 5.78 Å². The van der Waals surface area contributed by atoms with Crippen LogP contribution in [0, 0.1) is 17.8 Å². The van der Waals surface area contributed by atoms with Crippen molar-refractivity contribution in [1.82, 2.24) is 15.2 Å². The minimum absolute atomic E-state index is 0.0187. The Hall–Kier alpha value is -2.48. The Labute approximate surface area is 257 Å². The highest BCUT2D eigenvalue weighted by Crippen LogP contribution is 2.41. The molecule has 6 atom stereocenters. The van der Waals surface area contributed by atoms with Gasteiger partial charge in [-0.15, -0.1) is 0 Å². The maximum atomic E-state index is 12.7. The van der Waals surface area contributed by atoms with Crippen LogP contribution in [-0.2, 0) is 16.0 Å². The van der Waals surface area contributed by atoms with E-state index in [1.807, 2.05) is 0 Å².